The average molecular weight is 242 g/mol. The third kappa shape index (κ3) is 1.77. The van der Waals surface area contributed by atoms with E-state index >= 15 is 0 Å². The quantitative estimate of drug-likeness (QED) is 0.889. The third-order valence-electron chi connectivity index (χ3n) is 4.05. The summed E-state index contributed by atoms with van der Waals surface area (Å²) in [7, 11) is 1.68. The summed E-state index contributed by atoms with van der Waals surface area (Å²) in [6.45, 7) is 0. The van der Waals surface area contributed by atoms with E-state index in [0.29, 0.717) is 5.92 Å². The van der Waals surface area contributed by atoms with Gasteiger partial charge in [-0.2, -0.15) is 0 Å². The molecule has 1 aliphatic rings. The minimum Gasteiger partial charge on any atom is -0.496 e. The Bertz CT molecular complexity index is 558. The van der Waals surface area contributed by atoms with Crippen LogP contribution in [0.1, 0.15) is 30.9 Å². The molecule has 1 unspecified atom stereocenters. The van der Waals surface area contributed by atoms with Crippen LogP contribution in [-0.4, -0.2) is 12.2 Å². The van der Waals surface area contributed by atoms with Crippen LogP contribution >= 0.6 is 0 Å². The average Bonchev–Trinajstić information content (AvgIpc) is 2.35. The Labute approximate surface area is 107 Å². The van der Waals surface area contributed by atoms with Crippen LogP contribution < -0.4 is 4.74 Å². The SMILES string of the molecule is COc1ccc(C(O)C2CCC2)c2ccccc12. The fraction of sp³-hybridized carbons (Fsp3) is 0.375. The molecule has 94 valence electrons. The summed E-state index contributed by atoms with van der Waals surface area (Å²) >= 11 is 0. The predicted molar refractivity (Wildman–Crippen MR) is 72.8 cm³/mol. The van der Waals surface area contributed by atoms with Gasteiger partial charge in [-0.15, -0.1) is 0 Å². The van der Waals surface area contributed by atoms with Gasteiger partial charge in [0.2, 0.25) is 0 Å². The first-order chi connectivity index (χ1) is 8.81. The van der Waals surface area contributed by atoms with Gasteiger partial charge in [-0.05, 0) is 35.8 Å². The van der Waals surface area contributed by atoms with E-state index in [-0.39, 0.29) is 6.10 Å². The first kappa shape index (κ1) is 11.5. The van der Waals surface area contributed by atoms with Crippen molar-refractivity contribution in [3.05, 3.63) is 42.0 Å². The third-order valence-corrected chi connectivity index (χ3v) is 4.05. The molecule has 1 atom stereocenters. The van der Waals surface area contributed by atoms with Crippen LogP contribution in [0.5, 0.6) is 5.75 Å². The standard InChI is InChI=1S/C16H18O2/c1-18-15-10-9-14(16(17)11-5-4-6-11)12-7-2-3-8-13(12)15/h2-3,7-11,16-17H,4-6H2,1H3. The molecule has 0 amide bonds. The highest BCUT2D eigenvalue weighted by molar-refractivity contribution is 5.91. The molecule has 0 aliphatic heterocycles. The second kappa shape index (κ2) is 4.62. The van der Waals surface area contributed by atoms with Gasteiger partial charge in [0.05, 0.1) is 13.2 Å². The Kier molecular flexibility index (Phi) is 2.96. The molecule has 3 rings (SSSR count). The van der Waals surface area contributed by atoms with Crippen LogP contribution in [0.15, 0.2) is 36.4 Å². The molecular formula is C16H18O2. The van der Waals surface area contributed by atoms with E-state index in [0.717, 1.165) is 34.9 Å². The van der Waals surface area contributed by atoms with Crippen LogP contribution in [0.3, 0.4) is 0 Å². The van der Waals surface area contributed by atoms with Gasteiger partial charge in [0.25, 0.3) is 0 Å². The molecule has 0 radical (unpaired) electrons. The minimum absolute atomic E-state index is 0.338. The van der Waals surface area contributed by atoms with Gasteiger partial charge in [-0.1, -0.05) is 36.8 Å². The monoisotopic (exact) mass is 242 g/mol. The molecule has 1 fully saturated rings. The lowest BCUT2D eigenvalue weighted by Crippen LogP contribution is -2.20. The van der Waals surface area contributed by atoms with Crippen molar-refractivity contribution in [1.82, 2.24) is 0 Å². The van der Waals surface area contributed by atoms with E-state index in [1.165, 1.54) is 6.42 Å². The summed E-state index contributed by atoms with van der Waals surface area (Å²) in [6, 6.07) is 12.1. The number of hydrogen-bond donors (Lipinski definition) is 1. The van der Waals surface area contributed by atoms with Gasteiger partial charge >= 0.3 is 0 Å². The van der Waals surface area contributed by atoms with Crippen molar-refractivity contribution in [2.24, 2.45) is 5.92 Å². The van der Waals surface area contributed by atoms with Crippen molar-refractivity contribution in [1.29, 1.82) is 0 Å². The minimum atomic E-state index is -0.338. The molecule has 1 N–H and O–H groups in total. The zero-order valence-corrected chi connectivity index (χ0v) is 10.6. The van der Waals surface area contributed by atoms with E-state index in [1.54, 1.807) is 7.11 Å². The molecule has 0 spiro atoms. The zero-order valence-electron chi connectivity index (χ0n) is 10.6. The smallest absolute Gasteiger partial charge is 0.126 e. The zero-order chi connectivity index (χ0) is 12.5. The lowest BCUT2D eigenvalue weighted by molar-refractivity contribution is 0.0632. The second-order valence-electron chi connectivity index (χ2n) is 5.04. The van der Waals surface area contributed by atoms with Crippen molar-refractivity contribution < 1.29 is 9.84 Å². The van der Waals surface area contributed by atoms with Gasteiger partial charge in [0, 0.05) is 5.39 Å². The summed E-state index contributed by atoms with van der Waals surface area (Å²) < 4.78 is 5.38. The van der Waals surface area contributed by atoms with E-state index in [2.05, 4.69) is 6.07 Å². The molecular weight excluding hydrogens is 224 g/mol. The summed E-state index contributed by atoms with van der Waals surface area (Å²) in [6.07, 6.45) is 3.19. The number of benzene rings is 2. The number of ether oxygens (including phenoxy) is 1. The molecule has 0 heterocycles. The number of rotatable bonds is 3. The molecule has 2 nitrogen and oxygen atoms in total. The van der Waals surface area contributed by atoms with E-state index in [1.807, 2.05) is 30.3 Å². The highest BCUT2D eigenvalue weighted by atomic mass is 16.5. The van der Waals surface area contributed by atoms with Gasteiger partial charge in [0.15, 0.2) is 0 Å². The van der Waals surface area contributed by atoms with Gasteiger partial charge < -0.3 is 9.84 Å². The van der Waals surface area contributed by atoms with E-state index in [4.69, 9.17) is 4.74 Å². The molecule has 0 saturated heterocycles. The first-order valence-electron chi connectivity index (χ1n) is 6.55. The van der Waals surface area contributed by atoms with Gasteiger partial charge in [0.1, 0.15) is 5.75 Å². The lowest BCUT2D eigenvalue weighted by Gasteiger charge is -2.31. The fourth-order valence-corrected chi connectivity index (χ4v) is 2.74. The second-order valence-corrected chi connectivity index (χ2v) is 5.04. The Morgan fingerprint density at radius 3 is 2.44 bits per heavy atom. The first-order valence-corrected chi connectivity index (χ1v) is 6.55. The van der Waals surface area contributed by atoms with Crippen LogP contribution in [0.25, 0.3) is 10.8 Å². The Balaban J connectivity index is 2.12. The van der Waals surface area contributed by atoms with Crippen LogP contribution in [0, 0.1) is 5.92 Å². The molecule has 2 aromatic carbocycles. The topological polar surface area (TPSA) is 29.5 Å². The Hall–Kier alpha value is -1.54. The highest BCUT2D eigenvalue weighted by Crippen LogP contribution is 2.41. The van der Waals surface area contributed by atoms with E-state index < -0.39 is 0 Å². The Morgan fingerprint density at radius 1 is 1.11 bits per heavy atom. The van der Waals surface area contributed by atoms with Crippen molar-refractivity contribution in [3.63, 3.8) is 0 Å². The molecule has 1 saturated carbocycles. The van der Waals surface area contributed by atoms with Crippen LogP contribution in [-0.2, 0) is 0 Å². The number of aliphatic hydroxyl groups is 1. The summed E-state index contributed by atoms with van der Waals surface area (Å²) in [5.41, 5.74) is 1.04. The van der Waals surface area contributed by atoms with E-state index in [9.17, 15) is 5.11 Å². The van der Waals surface area contributed by atoms with Gasteiger partial charge in [-0.25, -0.2) is 0 Å². The maximum Gasteiger partial charge on any atom is 0.126 e. The maximum absolute atomic E-state index is 10.5. The number of hydrogen-bond acceptors (Lipinski definition) is 2. The summed E-state index contributed by atoms with van der Waals surface area (Å²) in [4.78, 5) is 0. The molecule has 2 aromatic rings. The fourth-order valence-electron chi connectivity index (χ4n) is 2.74. The number of aliphatic hydroxyl groups excluding tert-OH is 1. The molecule has 0 bridgehead atoms. The van der Waals surface area contributed by atoms with Crippen molar-refractivity contribution in [2.45, 2.75) is 25.4 Å². The van der Waals surface area contributed by atoms with Crippen LogP contribution in [0.2, 0.25) is 0 Å². The maximum atomic E-state index is 10.5. The summed E-state index contributed by atoms with van der Waals surface area (Å²) in [5, 5.41) is 12.6. The molecule has 1 aliphatic carbocycles. The highest BCUT2D eigenvalue weighted by Gasteiger charge is 2.28. The number of methoxy groups -OCH3 is 1. The molecule has 0 aromatic heterocycles. The summed E-state index contributed by atoms with van der Waals surface area (Å²) in [5.74, 6) is 1.30. The van der Waals surface area contributed by atoms with Gasteiger partial charge in [-0.3, -0.25) is 0 Å². The van der Waals surface area contributed by atoms with Crippen molar-refractivity contribution in [3.8, 4) is 5.75 Å². The van der Waals surface area contributed by atoms with Crippen molar-refractivity contribution >= 4 is 10.8 Å². The van der Waals surface area contributed by atoms with Crippen molar-refractivity contribution in [2.75, 3.05) is 7.11 Å². The van der Waals surface area contributed by atoms with Crippen LogP contribution in [0.4, 0.5) is 0 Å². The predicted octanol–water partition coefficient (Wildman–Crippen LogP) is 3.68. The normalized spacial score (nSPS) is 17.4. The lowest BCUT2D eigenvalue weighted by atomic mass is 9.78. The molecule has 2 heteroatoms. The largest absolute Gasteiger partial charge is 0.496 e. The molecule has 18 heavy (non-hydrogen) atoms. The number of fused-ring (bicyclic) bond motifs is 1. The Morgan fingerprint density at radius 2 is 1.83 bits per heavy atom.